The molecule has 1 saturated heterocycles. The molecule has 1 aliphatic heterocycles. The zero-order chi connectivity index (χ0) is 27.4. The number of hydrogen-bond acceptors (Lipinski definition) is 5. The first-order chi connectivity index (χ1) is 17.8. The van der Waals surface area contributed by atoms with E-state index in [-0.39, 0.29) is 5.57 Å². The van der Waals surface area contributed by atoms with Gasteiger partial charge < -0.3 is 9.80 Å². The van der Waals surface area contributed by atoms with Crippen LogP contribution in [0.5, 0.6) is 0 Å². The number of aliphatic imine (C=N–C) groups is 1. The fourth-order valence-electron chi connectivity index (χ4n) is 3.77. The Morgan fingerprint density at radius 2 is 1.59 bits per heavy atom. The molecule has 2 aromatic carbocycles. The lowest BCUT2D eigenvalue weighted by molar-refractivity contribution is -0.124. The number of hydroxylamine groups is 1. The highest BCUT2D eigenvalue weighted by Gasteiger charge is 2.22. The Kier molecular flexibility index (Phi) is 12.4. The first kappa shape index (κ1) is 30.1. The van der Waals surface area contributed by atoms with Gasteiger partial charge in [-0.3, -0.25) is 10.0 Å². The van der Waals surface area contributed by atoms with Crippen LogP contribution in [0.25, 0.3) is 11.1 Å². The predicted octanol–water partition coefficient (Wildman–Crippen LogP) is 4.08. The maximum Gasteiger partial charge on any atom is 0.276 e. The molecule has 9 heteroatoms. The van der Waals surface area contributed by atoms with Crippen molar-refractivity contribution in [2.24, 2.45) is 4.99 Å². The highest BCUT2D eigenvalue weighted by atomic mass is 32.2. The van der Waals surface area contributed by atoms with Gasteiger partial charge in [0.1, 0.15) is 16.8 Å². The summed E-state index contributed by atoms with van der Waals surface area (Å²) in [6.45, 7) is 12.9. The molecule has 1 heterocycles. The van der Waals surface area contributed by atoms with Crippen molar-refractivity contribution in [3.63, 3.8) is 0 Å². The van der Waals surface area contributed by atoms with Crippen molar-refractivity contribution in [3.8, 4) is 11.1 Å². The minimum absolute atomic E-state index is 0.166. The Bertz CT molecular complexity index is 1100. The number of amidine groups is 1. The summed E-state index contributed by atoms with van der Waals surface area (Å²) < 4.78 is 15.1. The average Bonchev–Trinajstić information content (AvgIpc) is 2.94. The summed E-state index contributed by atoms with van der Waals surface area (Å²) in [4.78, 5) is 20.8. The number of carbonyl (C=O) groups is 1. The van der Waals surface area contributed by atoms with E-state index >= 15 is 0 Å². The molecule has 0 bridgehead atoms. The lowest BCUT2D eigenvalue weighted by Crippen LogP contribution is -2.48. The number of carbonyl (C=O) groups excluding carboxylic acids is 1. The molecule has 0 saturated carbocycles. The van der Waals surface area contributed by atoms with E-state index in [1.807, 2.05) is 49.3 Å². The Morgan fingerprint density at radius 1 is 1.05 bits per heavy atom. The van der Waals surface area contributed by atoms with E-state index in [1.54, 1.807) is 5.48 Å². The third-order valence-corrected chi connectivity index (χ3v) is 7.26. The van der Waals surface area contributed by atoms with Gasteiger partial charge in [-0.1, -0.05) is 62.9 Å². The second-order valence-electron chi connectivity index (χ2n) is 8.53. The van der Waals surface area contributed by atoms with Crippen molar-refractivity contribution < 1.29 is 14.2 Å². The number of benzene rings is 2. The van der Waals surface area contributed by atoms with E-state index < -0.39 is 16.9 Å². The molecule has 0 radical (unpaired) electrons. The van der Waals surface area contributed by atoms with Crippen LogP contribution in [-0.2, 0) is 22.3 Å². The molecule has 37 heavy (non-hydrogen) atoms. The van der Waals surface area contributed by atoms with Crippen LogP contribution in [0, 0.1) is 0 Å². The summed E-state index contributed by atoms with van der Waals surface area (Å²) >= 11 is 0. The lowest BCUT2D eigenvalue weighted by Gasteiger charge is -2.34. The molecule has 1 unspecified atom stereocenters. The number of rotatable bonds is 8. The summed E-state index contributed by atoms with van der Waals surface area (Å²) in [5.74, 6) is 0.0746. The molecule has 200 valence electrons. The Labute approximate surface area is 223 Å². The Balaban J connectivity index is 0.00000235. The van der Waals surface area contributed by atoms with Gasteiger partial charge in [-0.25, -0.2) is 19.0 Å². The molecule has 1 fully saturated rings. The van der Waals surface area contributed by atoms with Crippen LogP contribution in [0.15, 0.2) is 82.8 Å². The fraction of sp³-hybridized carbons (Fsp3) is 0.357. The van der Waals surface area contributed by atoms with Gasteiger partial charge in [0.25, 0.3) is 5.91 Å². The topological polar surface area (TPSA) is 88.5 Å². The summed E-state index contributed by atoms with van der Waals surface area (Å²) in [6.07, 6.45) is 2.70. The van der Waals surface area contributed by atoms with Gasteiger partial charge in [0.15, 0.2) is 0 Å². The summed E-state index contributed by atoms with van der Waals surface area (Å²) in [5.41, 5.74) is 5.24. The van der Waals surface area contributed by atoms with Crippen LogP contribution in [0.4, 0.5) is 0 Å². The Hall–Kier alpha value is -3.11. The average molecular weight is 526 g/mol. The van der Waals surface area contributed by atoms with Crippen molar-refractivity contribution in [1.29, 1.82) is 0 Å². The SMILES string of the molecule is C=C/C(=C\N=C(C)N1CCN(S(=O)c2ccc(-c3ccc(CN(C)C)cc3)cc2)CC1)C(=O)NO.CC. The molecule has 8 nitrogen and oxygen atoms in total. The molecule has 2 N–H and O–H groups in total. The summed E-state index contributed by atoms with van der Waals surface area (Å²) in [7, 11) is 2.87. The zero-order valence-corrected chi connectivity index (χ0v) is 23.3. The minimum Gasteiger partial charge on any atom is -0.358 e. The molecule has 1 aliphatic rings. The Morgan fingerprint density at radius 3 is 2.08 bits per heavy atom. The van der Waals surface area contributed by atoms with Crippen LogP contribution in [-0.4, -0.2) is 75.5 Å². The molecule has 3 rings (SSSR count). The number of nitrogens with zero attached hydrogens (tertiary/aromatic N) is 4. The van der Waals surface area contributed by atoms with Crippen molar-refractivity contribution >= 4 is 22.7 Å². The molecule has 0 aliphatic carbocycles. The monoisotopic (exact) mass is 525 g/mol. The first-order valence-corrected chi connectivity index (χ1v) is 13.5. The second-order valence-corrected chi connectivity index (χ2v) is 10.0. The lowest BCUT2D eigenvalue weighted by atomic mass is 10.0. The van der Waals surface area contributed by atoms with Gasteiger partial charge >= 0.3 is 0 Å². The van der Waals surface area contributed by atoms with Crippen molar-refractivity contribution in [2.45, 2.75) is 32.2 Å². The van der Waals surface area contributed by atoms with Gasteiger partial charge in [0.2, 0.25) is 0 Å². The molecule has 0 spiro atoms. The van der Waals surface area contributed by atoms with Crippen LogP contribution < -0.4 is 5.48 Å². The van der Waals surface area contributed by atoms with Gasteiger partial charge in [0.05, 0.1) is 10.5 Å². The van der Waals surface area contributed by atoms with E-state index in [2.05, 4.69) is 59.7 Å². The quantitative estimate of drug-likeness (QED) is 0.135. The molecular weight excluding hydrogens is 486 g/mol. The van der Waals surface area contributed by atoms with Gasteiger partial charge in [-0.2, -0.15) is 0 Å². The first-order valence-electron chi connectivity index (χ1n) is 12.4. The van der Waals surface area contributed by atoms with Crippen molar-refractivity contribution in [2.75, 3.05) is 40.3 Å². The maximum atomic E-state index is 13.1. The largest absolute Gasteiger partial charge is 0.358 e. The van der Waals surface area contributed by atoms with Crippen LogP contribution >= 0.6 is 0 Å². The number of amides is 1. The second kappa shape index (κ2) is 15.2. The summed E-state index contributed by atoms with van der Waals surface area (Å²) in [5, 5.41) is 8.75. The van der Waals surface area contributed by atoms with Crippen molar-refractivity contribution in [3.05, 3.63) is 78.5 Å². The zero-order valence-electron chi connectivity index (χ0n) is 22.5. The van der Waals surface area contributed by atoms with Crippen LogP contribution in [0.2, 0.25) is 0 Å². The third-order valence-electron chi connectivity index (χ3n) is 5.75. The highest BCUT2D eigenvalue weighted by Crippen LogP contribution is 2.23. The predicted molar refractivity (Wildman–Crippen MR) is 151 cm³/mol. The standard InChI is InChI=1S/C26H33N5O3S.C2H6/c1-5-22(26(32)28-33)18-27-20(2)30-14-16-31(17-15-30)35(34)25-12-10-24(11-13-25)23-8-6-21(7-9-23)19-29(3)4;1-2/h5-13,18,33H,1,14-17,19H2,2-4H3,(H,28,32);1-2H3/b22-18+,27-20?;. The minimum atomic E-state index is -1.24. The smallest absolute Gasteiger partial charge is 0.276 e. The number of nitrogens with one attached hydrogen (secondary N) is 1. The molecule has 2 aromatic rings. The van der Waals surface area contributed by atoms with Gasteiger partial charge in [0, 0.05) is 38.9 Å². The van der Waals surface area contributed by atoms with Crippen LogP contribution in [0.1, 0.15) is 26.3 Å². The van der Waals surface area contributed by atoms with E-state index in [0.29, 0.717) is 26.2 Å². The van der Waals surface area contributed by atoms with Crippen molar-refractivity contribution in [1.82, 2.24) is 19.6 Å². The van der Waals surface area contributed by atoms with E-state index in [4.69, 9.17) is 5.21 Å². The molecule has 1 atom stereocenters. The highest BCUT2D eigenvalue weighted by molar-refractivity contribution is 7.82. The van der Waals surface area contributed by atoms with Crippen LogP contribution in [0.3, 0.4) is 0 Å². The van der Waals surface area contributed by atoms with E-state index in [1.165, 1.54) is 17.8 Å². The molecular formula is C28H39N5O3S. The number of piperazine rings is 1. The summed E-state index contributed by atoms with van der Waals surface area (Å²) in [6, 6.07) is 16.4. The fourth-order valence-corrected chi connectivity index (χ4v) is 4.93. The van der Waals surface area contributed by atoms with Gasteiger partial charge in [-0.15, -0.1) is 0 Å². The molecule has 1 amide bonds. The van der Waals surface area contributed by atoms with E-state index in [9.17, 15) is 9.00 Å². The van der Waals surface area contributed by atoms with Gasteiger partial charge in [-0.05, 0) is 49.8 Å². The van der Waals surface area contributed by atoms with E-state index in [0.717, 1.165) is 28.4 Å². The molecule has 0 aromatic heterocycles. The number of hydrogen-bond donors (Lipinski definition) is 2. The maximum absolute atomic E-state index is 13.1. The normalized spacial score (nSPS) is 15.6. The third kappa shape index (κ3) is 8.75.